The molecule has 1 amide bonds. The number of carbonyl (C=O) groups excluding carboxylic acids is 1. The molecule has 1 aliphatic rings. The summed E-state index contributed by atoms with van der Waals surface area (Å²) in [6.45, 7) is 0.735. The smallest absolute Gasteiger partial charge is 0.407 e. The summed E-state index contributed by atoms with van der Waals surface area (Å²) >= 11 is 0. The van der Waals surface area contributed by atoms with Gasteiger partial charge in [-0.15, -0.1) is 0 Å². The first kappa shape index (κ1) is 22.6. The highest BCUT2D eigenvalue weighted by Gasteiger charge is 2.28. The van der Waals surface area contributed by atoms with Crippen LogP contribution in [0.3, 0.4) is 0 Å². The van der Waals surface area contributed by atoms with Crippen molar-refractivity contribution in [3.8, 4) is 16.9 Å². The van der Waals surface area contributed by atoms with E-state index in [9.17, 15) is 9.18 Å². The van der Waals surface area contributed by atoms with Crippen molar-refractivity contribution in [1.82, 2.24) is 5.32 Å². The molecule has 0 heterocycles. The number of amides is 1. The van der Waals surface area contributed by atoms with Gasteiger partial charge < -0.3 is 19.5 Å². The van der Waals surface area contributed by atoms with Crippen LogP contribution < -0.4 is 10.1 Å². The molecule has 0 aliphatic heterocycles. The van der Waals surface area contributed by atoms with Crippen molar-refractivity contribution in [2.24, 2.45) is 0 Å². The Bertz CT molecular complexity index is 1100. The molecule has 0 bridgehead atoms. The molecule has 0 radical (unpaired) electrons. The first-order valence-electron chi connectivity index (χ1n) is 10.8. The number of benzene rings is 3. The Hall–Kier alpha value is -3.64. The van der Waals surface area contributed by atoms with Gasteiger partial charge >= 0.3 is 6.09 Å². The standard InChI is InChI=1S/C27H26FNO4/c1-31-18-33-20-14-13-19(26(28)16-20)8-6-7-15-29-27(30)32-17-25-23-11-4-2-9-21(23)22-10-3-5-12-24(22)25/h2-6,8-14,16,25H,7,15,17-18H2,1H3,(H,29,30). The van der Waals surface area contributed by atoms with Crippen molar-refractivity contribution in [2.75, 3.05) is 27.1 Å². The number of rotatable bonds is 9. The lowest BCUT2D eigenvalue weighted by molar-refractivity contribution is 0.0509. The molecule has 3 aromatic rings. The van der Waals surface area contributed by atoms with Gasteiger partial charge in [-0.25, -0.2) is 9.18 Å². The number of methoxy groups -OCH3 is 1. The van der Waals surface area contributed by atoms with Crippen LogP contribution in [-0.4, -0.2) is 33.1 Å². The molecule has 6 heteroatoms. The van der Waals surface area contributed by atoms with E-state index in [-0.39, 0.29) is 25.1 Å². The number of hydrogen-bond acceptors (Lipinski definition) is 4. The number of fused-ring (bicyclic) bond motifs is 3. The van der Waals surface area contributed by atoms with Gasteiger partial charge in [0.15, 0.2) is 6.79 Å². The molecular formula is C27H26FNO4. The van der Waals surface area contributed by atoms with Crippen LogP contribution in [0.2, 0.25) is 0 Å². The Labute approximate surface area is 192 Å². The Balaban J connectivity index is 1.24. The van der Waals surface area contributed by atoms with Gasteiger partial charge in [-0.05, 0) is 40.8 Å². The monoisotopic (exact) mass is 447 g/mol. The lowest BCUT2D eigenvalue weighted by atomic mass is 9.98. The molecule has 0 atom stereocenters. The molecule has 0 unspecified atom stereocenters. The lowest BCUT2D eigenvalue weighted by Gasteiger charge is -2.14. The van der Waals surface area contributed by atoms with Gasteiger partial charge in [0.05, 0.1) is 0 Å². The quantitative estimate of drug-likeness (QED) is 0.335. The van der Waals surface area contributed by atoms with Gasteiger partial charge in [0.1, 0.15) is 18.2 Å². The molecule has 33 heavy (non-hydrogen) atoms. The lowest BCUT2D eigenvalue weighted by Crippen LogP contribution is -2.26. The highest BCUT2D eigenvalue weighted by atomic mass is 19.1. The highest BCUT2D eigenvalue weighted by molar-refractivity contribution is 5.79. The SMILES string of the molecule is COCOc1ccc(C=CCCNC(=O)OCC2c3ccccc3-c3ccccc32)c(F)c1. The zero-order valence-corrected chi connectivity index (χ0v) is 18.4. The van der Waals surface area contributed by atoms with Crippen LogP contribution in [-0.2, 0) is 9.47 Å². The second kappa shape index (κ2) is 10.8. The predicted molar refractivity (Wildman–Crippen MR) is 126 cm³/mol. The maximum Gasteiger partial charge on any atom is 0.407 e. The van der Waals surface area contributed by atoms with E-state index in [1.807, 2.05) is 24.3 Å². The third-order valence-corrected chi connectivity index (χ3v) is 5.54. The van der Waals surface area contributed by atoms with Gasteiger partial charge in [0.2, 0.25) is 0 Å². The van der Waals surface area contributed by atoms with Gasteiger partial charge in [-0.3, -0.25) is 0 Å². The maximum atomic E-state index is 14.1. The summed E-state index contributed by atoms with van der Waals surface area (Å²) in [4.78, 5) is 12.2. The summed E-state index contributed by atoms with van der Waals surface area (Å²) in [7, 11) is 1.50. The number of nitrogens with one attached hydrogen (secondary N) is 1. The van der Waals surface area contributed by atoms with Crippen molar-refractivity contribution in [3.63, 3.8) is 0 Å². The minimum atomic E-state index is -0.462. The van der Waals surface area contributed by atoms with E-state index < -0.39 is 6.09 Å². The van der Waals surface area contributed by atoms with E-state index in [1.165, 1.54) is 35.4 Å². The molecule has 0 saturated carbocycles. The molecule has 1 aliphatic carbocycles. The van der Waals surface area contributed by atoms with E-state index in [4.69, 9.17) is 14.2 Å². The van der Waals surface area contributed by atoms with Crippen LogP contribution in [0, 0.1) is 5.82 Å². The predicted octanol–water partition coefficient (Wildman–Crippen LogP) is 5.75. The zero-order valence-electron chi connectivity index (χ0n) is 18.4. The number of hydrogen-bond donors (Lipinski definition) is 1. The average Bonchev–Trinajstić information content (AvgIpc) is 3.16. The molecule has 4 rings (SSSR count). The Morgan fingerprint density at radius 3 is 2.39 bits per heavy atom. The fourth-order valence-electron chi connectivity index (χ4n) is 3.98. The van der Waals surface area contributed by atoms with Gasteiger partial charge in [0.25, 0.3) is 0 Å². The summed E-state index contributed by atoms with van der Waals surface area (Å²) in [6, 6.07) is 21.1. The number of carbonyl (C=O) groups is 1. The normalized spacial score (nSPS) is 12.4. The van der Waals surface area contributed by atoms with Crippen LogP contribution in [0.15, 0.2) is 72.8 Å². The summed E-state index contributed by atoms with van der Waals surface area (Å²) < 4.78 is 29.6. The fraction of sp³-hybridized carbons (Fsp3) is 0.222. The van der Waals surface area contributed by atoms with Crippen molar-refractivity contribution in [3.05, 3.63) is 95.3 Å². The summed E-state index contributed by atoms with van der Waals surface area (Å²) in [6.07, 6.45) is 3.56. The number of alkyl carbamates (subject to hydrolysis) is 1. The van der Waals surface area contributed by atoms with Gasteiger partial charge in [-0.1, -0.05) is 60.7 Å². The summed E-state index contributed by atoms with van der Waals surface area (Å²) in [5.74, 6) is 0.0506. The van der Waals surface area contributed by atoms with E-state index in [0.717, 1.165) is 0 Å². The van der Waals surface area contributed by atoms with E-state index >= 15 is 0 Å². The largest absolute Gasteiger partial charge is 0.467 e. The van der Waals surface area contributed by atoms with Crippen molar-refractivity contribution < 1.29 is 23.4 Å². The fourth-order valence-corrected chi connectivity index (χ4v) is 3.98. The van der Waals surface area contributed by atoms with E-state index in [1.54, 1.807) is 24.3 Å². The van der Waals surface area contributed by atoms with Gasteiger partial charge in [0, 0.05) is 31.2 Å². The highest BCUT2D eigenvalue weighted by Crippen LogP contribution is 2.44. The minimum absolute atomic E-state index is 0.0295. The van der Waals surface area contributed by atoms with Crippen LogP contribution >= 0.6 is 0 Å². The zero-order chi connectivity index (χ0) is 23.0. The molecule has 0 aromatic heterocycles. The minimum Gasteiger partial charge on any atom is -0.467 e. The van der Waals surface area contributed by atoms with E-state index in [2.05, 4.69) is 29.6 Å². The van der Waals surface area contributed by atoms with Crippen molar-refractivity contribution in [1.29, 1.82) is 0 Å². The third kappa shape index (κ3) is 5.41. The first-order valence-corrected chi connectivity index (χ1v) is 10.8. The summed E-state index contributed by atoms with van der Waals surface area (Å²) in [5, 5.41) is 2.75. The molecular weight excluding hydrogens is 421 g/mol. The first-order chi connectivity index (χ1) is 16.2. The molecule has 0 saturated heterocycles. The third-order valence-electron chi connectivity index (χ3n) is 5.54. The van der Waals surface area contributed by atoms with Crippen molar-refractivity contribution in [2.45, 2.75) is 12.3 Å². The number of halogens is 1. The Morgan fingerprint density at radius 2 is 1.73 bits per heavy atom. The van der Waals surface area contributed by atoms with Crippen LogP contribution in [0.25, 0.3) is 17.2 Å². The van der Waals surface area contributed by atoms with Crippen molar-refractivity contribution >= 4 is 12.2 Å². The van der Waals surface area contributed by atoms with E-state index in [0.29, 0.717) is 24.3 Å². The Kier molecular flexibility index (Phi) is 7.37. The second-order valence-corrected chi connectivity index (χ2v) is 7.68. The molecule has 1 N–H and O–H groups in total. The second-order valence-electron chi connectivity index (χ2n) is 7.68. The van der Waals surface area contributed by atoms with Crippen LogP contribution in [0.1, 0.15) is 29.0 Å². The molecule has 5 nitrogen and oxygen atoms in total. The van der Waals surface area contributed by atoms with Gasteiger partial charge in [-0.2, -0.15) is 0 Å². The Morgan fingerprint density at radius 1 is 1.03 bits per heavy atom. The molecule has 3 aromatic carbocycles. The molecule has 0 spiro atoms. The average molecular weight is 448 g/mol. The van der Waals surface area contributed by atoms with Crippen LogP contribution in [0.5, 0.6) is 5.75 Å². The van der Waals surface area contributed by atoms with Crippen LogP contribution in [0.4, 0.5) is 9.18 Å². The molecule has 0 fully saturated rings. The molecule has 170 valence electrons. The topological polar surface area (TPSA) is 56.8 Å². The summed E-state index contributed by atoms with van der Waals surface area (Å²) in [5.41, 5.74) is 5.18. The number of ether oxygens (including phenoxy) is 3. The maximum absolute atomic E-state index is 14.1.